The minimum atomic E-state index is -0.861. The van der Waals surface area contributed by atoms with Gasteiger partial charge in [0.2, 0.25) is 0 Å². The van der Waals surface area contributed by atoms with Crippen LogP contribution >= 0.6 is 11.6 Å². The Hall–Kier alpha value is -3.38. The van der Waals surface area contributed by atoms with Gasteiger partial charge in [-0.3, -0.25) is 14.9 Å². The molecule has 2 aromatic heterocycles. The molecule has 0 spiro atoms. The molecule has 0 aliphatic rings. The molecule has 2 heterocycles. The third kappa shape index (κ3) is 3.67. The Kier molecular flexibility index (Phi) is 4.94. The lowest BCUT2D eigenvalue weighted by Gasteiger charge is -2.10. The number of nitrogens with zero attached hydrogens (tertiary/aromatic N) is 2. The van der Waals surface area contributed by atoms with Gasteiger partial charge in [-0.25, -0.2) is 0 Å². The first kappa shape index (κ1) is 19.0. The molecule has 0 fully saturated rings. The minimum absolute atomic E-state index is 0.0153. The van der Waals surface area contributed by atoms with Crippen LogP contribution in [-0.2, 0) is 11.2 Å². The lowest BCUT2D eigenvalue weighted by molar-refractivity contribution is -0.136. The van der Waals surface area contributed by atoms with E-state index in [9.17, 15) is 9.90 Å². The lowest BCUT2D eigenvalue weighted by Crippen LogP contribution is -1.98. The fraction of sp³-hybridized carbons (Fsp3) is 0.136. The van der Waals surface area contributed by atoms with E-state index in [-0.39, 0.29) is 12.2 Å². The molecule has 7 heteroatoms. The summed E-state index contributed by atoms with van der Waals surface area (Å²) < 4.78 is 0. The average Bonchev–Trinajstić information content (AvgIpc) is 3.08. The minimum Gasteiger partial charge on any atom is -0.506 e. The predicted molar refractivity (Wildman–Crippen MR) is 112 cm³/mol. The van der Waals surface area contributed by atoms with Gasteiger partial charge in [0.05, 0.1) is 28.9 Å². The number of H-pyrrole nitrogens is 1. The van der Waals surface area contributed by atoms with Crippen LogP contribution in [0.3, 0.4) is 0 Å². The second kappa shape index (κ2) is 7.56. The Balaban J connectivity index is 1.73. The molecule has 0 radical (unpaired) electrons. The second-order valence-corrected chi connectivity index (χ2v) is 7.28. The van der Waals surface area contributed by atoms with Crippen LogP contribution in [0.15, 0.2) is 48.8 Å². The van der Waals surface area contributed by atoms with Crippen LogP contribution in [0.4, 0.5) is 0 Å². The number of carboxylic acids is 1. The van der Waals surface area contributed by atoms with Crippen molar-refractivity contribution in [1.82, 2.24) is 15.2 Å². The number of pyridine rings is 1. The summed E-state index contributed by atoms with van der Waals surface area (Å²) in [5.41, 5.74) is 5.74. The highest BCUT2D eigenvalue weighted by Gasteiger charge is 2.13. The molecule has 3 N–H and O–H groups in total. The summed E-state index contributed by atoms with van der Waals surface area (Å²) in [6, 6.07) is 11.5. The van der Waals surface area contributed by atoms with E-state index in [0.717, 1.165) is 38.7 Å². The first-order valence-electron chi connectivity index (χ1n) is 9.06. The average molecular weight is 408 g/mol. The maximum absolute atomic E-state index is 10.9. The van der Waals surface area contributed by atoms with Gasteiger partial charge < -0.3 is 10.2 Å². The Morgan fingerprint density at radius 1 is 1.14 bits per heavy atom. The van der Waals surface area contributed by atoms with Gasteiger partial charge in [-0.1, -0.05) is 35.9 Å². The van der Waals surface area contributed by atoms with Crippen LogP contribution in [0.5, 0.6) is 5.75 Å². The van der Waals surface area contributed by atoms with E-state index in [1.54, 1.807) is 12.3 Å². The van der Waals surface area contributed by atoms with Crippen molar-refractivity contribution >= 4 is 28.5 Å². The zero-order chi connectivity index (χ0) is 20.5. The van der Waals surface area contributed by atoms with Crippen molar-refractivity contribution in [3.8, 4) is 28.0 Å². The lowest BCUT2D eigenvalue weighted by atomic mass is 9.97. The van der Waals surface area contributed by atoms with Crippen LogP contribution in [-0.4, -0.2) is 31.4 Å². The molecule has 0 atom stereocenters. The van der Waals surface area contributed by atoms with Gasteiger partial charge in [0.25, 0.3) is 0 Å². The van der Waals surface area contributed by atoms with Crippen molar-refractivity contribution in [3.05, 3.63) is 65.1 Å². The van der Waals surface area contributed by atoms with Gasteiger partial charge in [0.1, 0.15) is 5.75 Å². The first-order valence-corrected chi connectivity index (χ1v) is 9.44. The quantitative estimate of drug-likeness (QED) is 0.433. The van der Waals surface area contributed by atoms with Gasteiger partial charge >= 0.3 is 5.97 Å². The number of aliphatic carboxylic acids is 1. The number of carboxylic acid groups (broad SMARTS) is 1. The highest BCUT2D eigenvalue weighted by atomic mass is 35.5. The van der Waals surface area contributed by atoms with E-state index in [1.165, 1.54) is 6.20 Å². The van der Waals surface area contributed by atoms with Crippen LogP contribution in [0, 0.1) is 6.92 Å². The van der Waals surface area contributed by atoms with Gasteiger partial charge in [0, 0.05) is 29.1 Å². The number of aromatic amines is 1. The highest BCUT2D eigenvalue weighted by Crippen LogP contribution is 2.36. The van der Waals surface area contributed by atoms with Crippen molar-refractivity contribution in [3.63, 3.8) is 0 Å². The molecular formula is C22H18ClN3O3. The molecule has 0 saturated carbocycles. The predicted octanol–water partition coefficient (Wildman–Crippen LogP) is 4.98. The molecule has 2 aromatic carbocycles. The molecule has 4 aromatic rings. The standard InChI is InChI=1S/C22H18ClN3O3/c1-12-10-24-11-20(27)22(12)14-4-2-13(3-5-14)15-8-16-18(6-7-21(28)29)25-26-19(16)9-17(15)23/h2-5,8-11,27H,6-7H2,1H3,(H,25,26)(H,28,29). The summed E-state index contributed by atoms with van der Waals surface area (Å²) in [5, 5.41) is 27.7. The molecule has 0 bridgehead atoms. The largest absolute Gasteiger partial charge is 0.506 e. The normalized spacial score (nSPS) is 11.1. The van der Waals surface area contributed by atoms with Crippen molar-refractivity contribution in [2.24, 2.45) is 0 Å². The Bertz CT molecular complexity index is 1200. The van der Waals surface area contributed by atoms with E-state index in [2.05, 4.69) is 15.2 Å². The maximum Gasteiger partial charge on any atom is 0.303 e. The van der Waals surface area contributed by atoms with Gasteiger partial charge in [-0.2, -0.15) is 5.10 Å². The summed E-state index contributed by atoms with van der Waals surface area (Å²) in [6.45, 7) is 1.90. The zero-order valence-electron chi connectivity index (χ0n) is 15.6. The molecular weight excluding hydrogens is 390 g/mol. The van der Waals surface area contributed by atoms with Crippen LogP contribution in [0.1, 0.15) is 17.7 Å². The molecule has 0 unspecified atom stereocenters. The number of aromatic nitrogens is 3. The summed E-state index contributed by atoms with van der Waals surface area (Å²) in [7, 11) is 0. The smallest absolute Gasteiger partial charge is 0.303 e. The van der Waals surface area contributed by atoms with E-state index < -0.39 is 5.97 Å². The Morgan fingerprint density at radius 3 is 2.55 bits per heavy atom. The van der Waals surface area contributed by atoms with Crippen LogP contribution < -0.4 is 0 Å². The third-order valence-corrected chi connectivity index (χ3v) is 5.22. The number of aryl methyl sites for hydroxylation is 2. The van der Waals surface area contributed by atoms with Gasteiger partial charge in [-0.05, 0) is 35.7 Å². The number of fused-ring (bicyclic) bond motifs is 1. The molecule has 146 valence electrons. The maximum atomic E-state index is 10.9. The van der Waals surface area contributed by atoms with Crippen LogP contribution in [0.2, 0.25) is 5.02 Å². The molecule has 29 heavy (non-hydrogen) atoms. The highest BCUT2D eigenvalue weighted by molar-refractivity contribution is 6.34. The van der Waals surface area contributed by atoms with Crippen molar-refractivity contribution in [1.29, 1.82) is 0 Å². The van der Waals surface area contributed by atoms with E-state index in [4.69, 9.17) is 16.7 Å². The fourth-order valence-electron chi connectivity index (χ4n) is 3.47. The van der Waals surface area contributed by atoms with Crippen molar-refractivity contribution in [2.75, 3.05) is 0 Å². The number of aromatic hydroxyl groups is 1. The molecule has 0 amide bonds. The molecule has 0 aliphatic carbocycles. The zero-order valence-corrected chi connectivity index (χ0v) is 16.4. The van der Waals surface area contributed by atoms with Crippen molar-refractivity contribution in [2.45, 2.75) is 19.8 Å². The number of benzene rings is 2. The molecule has 6 nitrogen and oxygen atoms in total. The molecule has 0 aliphatic heterocycles. The number of carbonyl (C=O) groups is 1. The van der Waals surface area contributed by atoms with Gasteiger partial charge in [-0.15, -0.1) is 0 Å². The molecule has 4 rings (SSSR count). The molecule has 0 saturated heterocycles. The second-order valence-electron chi connectivity index (χ2n) is 6.87. The van der Waals surface area contributed by atoms with Crippen molar-refractivity contribution < 1.29 is 15.0 Å². The first-order chi connectivity index (χ1) is 13.9. The van der Waals surface area contributed by atoms with E-state index in [0.29, 0.717) is 17.1 Å². The summed E-state index contributed by atoms with van der Waals surface area (Å²) in [4.78, 5) is 14.9. The third-order valence-electron chi connectivity index (χ3n) is 4.91. The van der Waals surface area contributed by atoms with Gasteiger partial charge in [0.15, 0.2) is 0 Å². The topological polar surface area (TPSA) is 99.1 Å². The number of hydrogen-bond acceptors (Lipinski definition) is 4. The SMILES string of the molecule is Cc1cncc(O)c1-c1ccc(-c2cc3c(CCC(=O)O)n[nH]c3cc2Cl)cc1. The summed E-state index contributed by atoms with van der Waals surface area (Å²) >= 11 is 6.49. The van der Waals surface area contributed by atoms with E-state index >= 15 is 0 Å². The monoisotopic (exact) mass is 407 g/mol. The number of rotatable bonds is 5. The Morgan fingerprint density at radius 2 is 1.86 bits per heavy atom. The number of halogens is 1. The van der Waals surface area contributed by atoms with E-state index in [1.807, 2.05) is 37.3 Å². The number of hydrogen-bond donors (Lipinski definition) is 3. The Labute approximate surface area is 171 Å². The summed E-state index contributed by atoms with van der Waals surface area (Å²) in [6.07, 6.45) is 3.50. The summed E-state index contributed by atoms with van der Waals surface area (Å²) in [5.74, 6) is -0.723. The number of nitrogens with one attached hydrogen (secondary N) is 1. The van der Waals surface area contributed by atoms with Crippen LogP contribution in [0.25, 0.3) is 33.2 Å². The fourth-order valence-corrected chi connectivity index (χ4v) is 3.75.